The number of thioether (sulfide) groups is 1. The van der Waals surface area contributed by atoms with Gasteiger partial charge in [0.1, 0.15) is 11.8 Å². The smallest absolute Gasteiger partial charge is 0.256 e. The fraction of sp³-hybridized carbons (Fsp3) is 0.467. The van der Waals surface area contributed by atoms with E-state index in [-0.39, 0.29) is 18.1 Å². The minimum absolute atomic E-state index is 0.0324. The van der Waals surface area contributed by atoms with Crippen LogP contribution in [-0.4, -0.2) is 39.7 Å². The number of hydrogen-bond donors (Lipinski definition) is 0. The summed E-state index contributed by atoms with van der Waals surface area (Å²) < 4.78 is 5.70. The van der Waals surface area contributed by atoms with E-state index in [1.54, 1.807) is 23.9 Å². The fourth-order valence-electron chi connectivity index (χ4n) is 2.68. The monoisotopic (exact) mass is 390 g/mol. The molecule has 2 fully saturated rings. The van der Waals surface area contributed by atoms with Gasteiger partial charge >= 0.3 is 0 Å². The molecule has 8 heteroatoms. The number of nitrogens with zero attached hydrogens (tertiary/aromatic N) is 2. The number of anilines is 1. The lowest BCUT2D eigenvalue weighted by Crippen LogP contribution is -2.38. The summed E-state index contributed by atoms with van der Waals surface area (Å²) >= 11 is 19.8. The quantitative estimate of drug-likeness (QED) is 0.722. The van der Waals surface area contributed by atoms with Gasteiger partial charge in [-0.15, -0.1) is 11.8 Å². The van der Waals surface area contributed by atoms with Crippen molar-refractivity contribution in [3.63, 3.8) is 0 Å². The summed E-state index contributed by atoms with van der Waals surface area (Å²) in [5.74, 6) is 2.15. The van der Waals surface area contributed by atoms with Gasteiger partial charge in [0, 0.05) is 6.07 Å². The van der Waals surface area contributed by atoms with Crippen LogP contribution in [0.4, 0.5) is 5.69 Å². The van der Waals surface area contributed by atoms with Crippen molar-refractivity contribution in [2.75, 3.05) is 16.5 Å². The Balaban J connectivity index is 2.00. The van der Waals surface area contributed by atoms with Gasteiger partial charge in [-0.05, 0) is 44.3 Å². The number of carbonyl (C=O) groups is 1. The van der Waals surface area contributed by atoms with Crippen LogP contribution in [0.3, 0.4) is 0 Å². The van der Waals surface area contributed by atoms with Crippen molar-refractivity contribution in [3.05, 3.63) is 22.2 Å². The van der Waals surface area contributed by atoms with Crippen molar-refractivity contribution in [1.82, 2.24) is 4.90 Å². The van der Waals surface area contributed by atoms with Crippen molar-refractivity contribution < 1.29 is 9.53 Å². The molecule has 0 aromatic heterocycles. The zero-order valence-corrected chi connectivity index (χ0v) is 15.9. The number of hydrogen-bond acceptors (Lipinski definition) is 4. The van der Waals surface area contributed by atoms with Crippen molar-refractivity contribution >= 4 is 63.9 Å². The molecule has 0 aliphatic carbocycles. The van der Waals surface area contributed by atoms with Gasteiger partial charge in [-0.3, -0.25) is 9.69 Å². The topological polar surface area (TPSA) is 32.8 Å². The zero-order chi connectivity index (χ0) is 16.7. The van der Waals surface area contributed by atoms with E-state index < -0.39 is 0 Å². The predicted molar refractivity (Wildman–Crippen MR) is 99.9 cm³/mol. The Kier molecular flexibility index (Phi) is 4.97. The summed E-state index contributed by atoms with van der Waals surface area (Å²) in [6.07, 6.45) is 0.756. The van der Waals surface area contributed by atoms with Gasteiger partial charge in [-0.2, -0.15) is 0 Å². The van der Waals surface area contributed by atoms with E-state index in [0.29, 0.717) is 26.6 Å². The zero-order valence-electron chi connectivity index (χ0n) is 12.7. The molecular weight excluding hydrogens is 375 g/mol. The second kappa shape index (κ2) is 6.67. The number of amides is 1. The molecule has 2 aliphatic heterocycles. The highest BCUT2D eigenvalue weighted by Crippen LogP contribution is 2.40. The van der Waals surface area contributed by atoms with Gasteiger partial charge in [0.2, 0.25) is 0 Å². The van der Waals surface area contributed by atoms with Gasteiger partial charge in [-0.25, -0.2) is 0 Å². The Bertz CT molecular complexity index is 645. The Morgan fingerprint density at radius 2 is 2.09 bits per heavy atom. The maximum absolute atomic E-state index is 12.8. The summed E-state index contributed by atoms with van der Waals surface area (Å²) in [7, 11) is 0. The largest absolute Gasteiger partial charge is 0.489 e. The van der Waals surface area contributed by atoms with Crippen LogP contribution >= 0.6 is 47.2 Å². The second-order valence-electron chi connectivity index (χ2n) is 5.67. The number of fused-ring (bicyclic) bond motifs is 1. The molecule has 23 heavy (non-hydrogen) atoms. The van der Waals surface area contributed by atoms with Crippen LogP contribution < -0.4 is 9.64 Å². The number of thiocarbonyl (C=S) groups is 1. The number of rotatable bonds is 3. The number of carbonyl (C=O) groups excluding carboxylic acids is 1. The normalized spacial score (nSPS) is 21.2. The summed E-state index contributed by atoms with van der Waals surface area (Å²) in [6, 6.07) is 3.10. The molecule has 4 nitrogen and oxygen atoms in total. The molecule has 0 spiro atoms. The summed E-state index contributed by atoms with van der Waals surface area (Å²) in [5, 5.41) is 1.29. The minimum atomic E-state index is -0.190. The maximum atomic E-state index is 12.8. The maximum Gasteiger partial charge on any atom is 0.256 e. The molecule has 3 rings (SSSR count). The second-order valence-corrected chi connectivity index (χ2v) is 7.92. The molecule has 2 aliphatic rings. The first kappa shape index (κ1) is 17.1. The third-order valence-corrected chi connectivity index (χ3v) is 5.69. The van der Waals surface area contributed by atoms with E-state index >= 15 is 0 Å². The van der Waals surface area contributed by atoms with Crippen LogP contribution in [0.1, 0.15) is 20.3 Å². The molecule has 0 saturated carbocycles. The van der Waals surface area contributed by atoms with E-state index in [9.17, 15) is 4.79 Å². The minimum Gasteiger partial charge on any atom is -0.489 e. The first-order chi connectivity index (χ1) is 10.9. The lowest BCUT2D eigenvalue weighted by atomic mass is 10.2. The van der Waals surface area contributed by atoms with Crippen molar-refractivity contribution in [3.8, 4) is 5.75 Å². The molecule has 124 valence electrons. The Hall–Kier alpha value is -0.690. The molecule has 2 saturated heterocycles. The van der Waals surface area contributed by atoms with Gasteiger partial charge in [0.05, 0.1) is 27.7 Å². The average molecular weight is 391 g/mol. The van der Waals surface area contributed by atoms with Crippen LogP contribution in [0, 0.1) is 0 Å². The third-order valence-electron chi connectivity index (χ3n) is 3.69. The average Bonchev–Trinajstić information content (AvgIpc) is 2.74. The fourth-order valence-corrected chi connectivity index (χ4v) is 4.67. The first-order valence-corrected chi connectivity index (χ1v) is 9.60. The molecule has 0 radical (unpaired) electrons. The highest BCUT2D eigenvalue weighted by atomic mass is 35.5. The van der Waals surface area contributed by atoms with Gasteiger partial charge in [0.25, 0.3) is 5.91 Å². The van der Waals surface area contributed by atoms with Crippen molar-refractivity contribution in [2.45, 2.75) is 32.4 Å². The molecule has 1 unspecified atom stereocenters. The van der Waals surface area contributed by atoms with E-state index in [4.69, 9.17) is 40.2 Å². The standard InChI is InChI=1S/C15H16Cl2N2O2S2/c1-8(2)21-13-6-12(9(16)5-10(13)17)19-14(20)11-3-4-23-7-18(11)15(19)22/h5-6,8,11H,3-4,7H2,1-2H3. The lowest BCUT2D eigenvalue weighted by Gasteiger charge is -2.27. The van der Waals surface area contributed by atoms with E-state index in [0.717, 1.165) is 18.1 Å². The van der Waals surface area contributed by atoms with Crippen LogP contribution in [0.5, 0.6) is 5.75 Å². The first-order valence-electron chi connectivity index (χ1n) is 7.28. The molecule has 1 aromatic rings. The number of benzene rings is 1. The van der Waals surface area contributed by atoms with Gasteiger partial charge < -0.3 is 9.64 Å². The Morgan fingerprint density at radius 3 is 2.74 bits per heavy atom. The Labute approximate surface area is 155 Å². The number of ether oxygens (including phenoxy) is 1. The van der Waals surface area contributed by atoms with Crippen LogP contribution in [0.25, 0.3) is 0 Å². The van der Waals surface area contributed by atoms with Gasteiger partial charge in [-0.1, -0.05) is 23.2 Å². The van der Waals surface area contributed by atoms with E-state index in [1.807, 2.05) is 18.7 Å². The summed E-state index contributed by atoms with van der Waals surface area (Å²) in [4.78, 5) is 16.2. The molecule has 0 N–H and O–H groups in total. The molecule has 2 heterocycles. The van der Waals surface area contributed by atoms with Crippen molar-refractivity contribution in [2.24, 2.45) is 0 Å². The molecule has 1 aromatic carbocycles. The molecule has 1 atom stereocenters. The van der Waals surface area contributed by atoms with Crippen molar-refractivity contribution in [1.29, 1.82) is 0 Å². The highest BCUT2D eigenvalue weighted by molar-refractivity contribution is 7.99. The third kappa shape index (κ3) is 3.14. The summed E-state index contributed by atoms with van der Waals surface area (Å²) in [6.45, 7) is 3.82. The molecule has 0 bridgehead atoms. The Morgan fingerprint density at radius 1 is 1.35 bits per heavy atom. The van der Waals surface area contributed by atoms with Crippen LogP contribution in [-0.2, 0) is 4.79 Å². The van der Waals surface area contributed by atoms with Gasteiger partial charge in [0.15, 0.2) is 5.11 Å². The summed E-state index contributed by atoms with van der Waals surface area (Å²) in [5.41, 5.74) is 0.529. The molecule has 1 amide bonds. The molecular formula is C15H16Cl2N2O2S2. The SMILES string of the molecule is CC(C)Oc1cc(N2C(=O)C3CCSCN3C2=S)c(Cl)cc1Cl. The number of halogens is 2. The van der Waals surface area contributed by atoms with Crippen LogP contribution in [0.2, 0.25) is 10.0 Å². The van der Waals surface area contributed by atoms with Crippen LogP contribution in [0.15, 0.2) is 12.1 Å². The lowest BCUT2D eigenvalue weighted by molar-refractivity contribution is -0.119. The predicted octanol–water partition coefficient (Wildman–Crippen LogP) is 4.18. The highest BCUT2D eigenvalue weighted by Gasteiger charge is 2.45. The van der Waals surface area contributed by atoms with E-state index in [2.05, 4.69) is 0 Å². The van der Waals surface area contributed by atoms with E-state index in [1.165, 1.54) is 4.90 Å².